The van der Waals surface area contributed by atoms with E-state index < -0.39 is 0 Å². The van der Waals surface area contributed by atoms with Crippen molar-refractivity contribution < 1.29 is 14.3 Å². The summed E-state index contributed by atoms with van der Waals surface area (Å²) in [6, 6.07) is 14.5. The Morgan fingerprint density at radius 3 is 2.67 bits per heavy atom. The number of hydrogen-bond donors (Lipinski definition) is 0. The van der Waals surface area contributed by atoms with Gasteiger partial charge < -0.3 is 4.74 Å². The molecule has 0 radical (unpaired) electrons. The molecule has 2 aromatic rings. The summed E-state index contributed by atoms with van der Waals surface area (Å²) < 4.78 is 5.52. The standard InChI is InChI=1S/C20H15NO3/c1-3-12-24-19-11-7-4-8-15(19)13-17-16-9-5-6-10-18(16)21(14(2)22)20(17)23/h1,4-11,13H,12H2,2H3/b17-13+. The normalized spacial score (nSPS) is 14.4. The predicted molar refractivity (Wildman–Crippen MR) is 93.3 cm³/mol. The van der Waals surface area contributed by atoms with E-state index in [1.165, 1.54) is 11.8 Å². The number of imide groups is 1. The lowest BCUT2D eigenvalue weighted by Crippen LogP contribution is -2.31. The summed E-state index contributed by atoms with van der Waals surface area (Å²) in [4.78, 5) is 25.7. The number of ether oxygens (including phenoxy) is 1. The van der Waals surface area contributed by atoms with Crippen LogP contribution in [0.2, 0.25) is 0 Å². The van der Waals surface area contributed by atoms with Crippen molar-refractivity contribution in [1.29, 1.82) is 0 Å². The molecule has 0 unspecified atom stereocenters. The monoisotopic (exact) mass is 317 g/mol. The van der Waals surface area contributed by atoms with Gasteiger partial charge in [-0.15, -0.1) is 6.42 Å². The summed E-state index contributed by atoms with van der Waals surface area (Å²) >= 11 is 0. The van der Waals surface area contributed by atoms with Crippen LogP contribution < -0.4 is 9.64 Å². The first-order valence-corrected chi connectivity index (χ1v) is 7.45. The molecule has 24 heavy (non-hydrogen) atoms. The maximum Gasteiger partial charge on any atom is 0.265 e. The number of fused-ring (bicyclic) bond motifs is 1. The van der Waals surface area contributed by atoms with Gasteiger partial charge in [0.15, 0.2) is 0 Å². The van der Waals surface area contributed by atoms with Gasteiger partial charge in [0, 0.05) is 18.1 Å². The van der Waals surface area contributed by atoms with Crippen molar-refractivity contribution in [3.8, 4) is 18.1 Å². The fourth-order valence-corrected chi connectivity index (χ4v) is 2.70. The number of carbonyl (C=O) groups excluding carboxylic acids is 2. The van der Waals surface area contributed by atoms with Gasteiger partial charge in [-0.1, -0.05) is 42.3 Å². The number of benzene rings is 2. The number of anilines is 1. The lowest BCUT2D eigenvalue weighted by atomic mass is 10.0. The molecule has 1 aliphatic heterocycles. The summed E-state index contributed by atoms with van der Waals surface area (Å²) in [6.45, 7) is 1.52. The smallest absolute Gasteiger partial charge is 0.265 e. The number of rotatable bonds is 3. The summed E-state index contributed by atoms with van der Waals surface area (Å²) in [6.07, 6.45) is 6.97. The second-order valence-electron chi connectivity index (χ2n) is 5.27. The molecule has 0 atom stereocenters. The third-order valence-corrected chi connectivity index (χ3v) is 3.71. The highest BCUT2D eigenvalue weighted by atomic mass is 16.5. The Hall–Kier alpha value is -3.32. The molecule has 0 saturated carbocycles. The minimum atomic E-state index is -0.338. The topological polar surface area (TPSA) is 46.6 Å². The molecule has 0 bridgehead atoms. The van der Waals surface area contributed by atoms with Gasteiger partial charge in [-0.3, -0.25) is 9.59 Å². The molecule has 0 aromatic heterocycles. The van der Waals surface area contributed by atoms with E-state index in [0.717, 1.165) is 11.1 Å². The third kappa shape index (κ3) is 2.68. The van der Waals surface area contributed by atoms with E-state index in [2.05, 4.69) is 5.92 Å². The van der Waals surface area contributed by atoms with Crippen molar-refractivity contribution in [2.75, 3.05) is 11.5 Å². The number of hydrogen-bond acceptors (Lipinski definition) is 3. The van der Waals surface area contributed by atoms with Crippen LogP contribution in [0, 0.1) is 12.3 Å². The molecule has 0 aliphatic carbocycles. The average Bonchev–Trinajstić information content (AvgIpc) is 2.86. The zero-order valence-corrected chi connectivity index (χ0v) is 13.2. The first-order chi connectivity index (χ1) is 11.6. The van der Waals surface area contributed by atoms with Crippen LogP contribution in [0.25, 0.3) is 11.6 Å². The van der Waals surface area contributed by atoms with Crippen LogP contribution in [-0.2, 0) is 9.59 Å². The van der Waals surface area contributed by atoms with Crippen molar-refractivity contribution in [1.82, 2.24) is 0 Å². The van der Waals surface area contributed by atoms with Crippen molar-refractivity contribution in [2.24, 2.45) is 0 Å². The van der Waals surface area contributed by atoms with Gasteiger partial charge in [0.1, 0.15) is 12.4 Å². The minimum absolute atomic E-state index is 0.143. The van der Waals surface area contributed by atoms with Crippen molar-refractivity contribution >= 4 is 29.2 Å². The molecule has 0 spiro atoms. The highest BCUT2D eigenvalue weighted by Crippen LogP contribution is 2.38. The van der Waals surface area contributed by atoms with Gasteiger partial charge in [0.25, 0.3) is 5.91 Å². The van der Waals surface area contributed by atoms with Crippen LogP contribution in [0.5, 0.6) is 5.75 Å². The number of para-hydroxylation sites is 2. The first kappa shape index (κ1) is 15.6. The van der Waals surface area contributed by atoms with Crippen molar-refractivity contribution in [3.05, 3.63) is 59.7 Å². The average molecular weight is 317 g/mol. The van der Waals surface area contributed by atoms with Crippen LogP contribution in [0.15, 0.2) is 48.5 Å². The molecule has 3 rings (SSSR count). The molecule has 0 fully saturated rings. The van der Waals surface area contributed by atoms with Gasteiger partial charge in [-0.2, -0.15) is 0 Å². The summed E-state index contributed by atoms with van der Waals surface area (Å²) in [7, 11) is 0. The molecule has 1 aliphatic rings. The zero-order valence-electron chi connectivity index (χ0n) is 13.2. The zero-order chi connectivity index (χ0) is 17.1. The summed E-state index contributed by atoms with van der Waals surface area (Å²) in [5.74, 6) is 2.36. The molecule has 0 N–H and O–H groups in total. The molecule has 0 saturated heterocycles. The van der Waals surface area contributed by atoms with Crippen LogP contribution >= 0.6 is 0 Å². The van der Waals surface area contributed by atoms with E-state index in [1.54, 1.807) is 24.3 Å². The van der Waals surface area contributed by atoms with E-state index in [9.17, 15) is 9.59 Å². The van der Waals surface area contributed by atoms with Gasteiger partial charge in [0.05, 0.1) is 11.3 Å². The number of amides is 2. The molecular formula is C20H15NO3. The van der Waals surface area contributed by atoms with Crippen molar-refractivity contribution in [2.45, 2.75) is 6.92 Å². The Balaban J connectivity index is 2.10. The number of terminal acetylenes is 1. The van der Waals surface area contributed by atoms with Gasteiger partial charge in [-0.05, 0) is 18.2 Å². The Morgan fingerprint density at radius 2 is 1.92 bits per heavy atom. The Bertz CT molecular complexity index is 890. The molecule has 4 nitrogen and oxygen atoms in total. The van der Waals surface area contributed by atoms with Crippen LogP contribution in [0.1, 0.15) is 18.1 Å². The second kappa shape index (κ2) is 6.43. The molecule has 118 valence electrons. The van der Waals surface area contributed by atoms with E-state index in [1.807, 2.05) is 30.3 Å². The Morgan fingerprint density at radius 1 is 1.21 bits per heavy atom. The lowest BCUT2D eigenvalue weighted by Gasteiger charge is -2.11. The van der Waals surface area contributed by atoms with E-state index >= 15 is 0 Å². The quantitative estimate of drug-likeness (QED) is 0.645. The van der Waals surface area contributed by atoms with Crippen molar-refractivity contribution in [3.63, 3.8) is 0 Å². The molecule has 2 aromatic carbocycles. The van der Waals surface area contributed by atoms with E-state index in [0.29, 0.717) is 17.0 Å². The van der Waals surface area contributed by atoms with E-state index in [4.69, 9.17) is 11.2 Å². The van der Waals surface area contributed by atoms with Crippen LogP contribution in [0.4, 0.5) is 5.69 Å². The fraction of sp³-hybridized carbons (Fsp3) is 0.100. The largest absolute Gasteiger partial charge is 0.480 e. The SMILES string of the molecule is C#CCOc1ccccc1/C=C1/C(=O)N(C(C)=O)c2ccccc21. The summed E-state index contributed by atoms with van der Waals surface area (Å²) in [5.41, 5.74) is 2.52. The van der Waals surface area contributed by atoms with Crippen LogP contribution in [0.3, 0.4) is 0 Å². The minimum Gasteiger partial charge on any atom is -0.480 e. The summed E-state index contributed by atoms with van der Waals surface area (Å²) in [5, 5.41) is 0. The lowest BCUT2D eigenvalue weighted by molar-refractivity contribution is -0.122. The number of nitrogens with zero attached hydrogens (tertiary/aromatic N) is 1. The fourth-order valence-electron chi connectivity index (χ4n) is 2.70. The predicted octanol–water partition coefficient (Wildman–Crippen LogP) is 3.13. The van der Waals surface area contributed by atoms with Gasteiger partial charge in [0.2, 0.25) is 5.91 Å². The highest BCUT2D eigenvalue weighted by Gasteiger charge is 2.34. The third-order valence-electron chi connectivity index (χ3n) is 3.71. The molecule has 1 heterocycles. The first-order valence-electron chi connectivity index (χ1n) is 7.45. The Kier molecular flexibility index (Phi) is 4.17. The second-order valence-corrected chi connectivity index (χ2v) is 5.27. The molecule has 2 amide bonds. The highest BCUT2D eigenvalue weighted by molar-refractivity contribution is 6.42. The van der Waals surface area contributed by atoms with Gasteiger partial charge in [-0.25, -0.2) is 4.90 Å². The Labute approximate surface area is 140 Å². The maximum absolute atomic E-state index is 12.7. The number of carbonyl (C=O) groups is 2. The van der Waals surface area contributed by atoms with E-state index in [-0.39, 0.29) is 18.4 Å². The molecule has 4 heteroatoms. The maximum atomic E-state index is 12.7. The van der Waals surface area contributed by atoms with Gasteiger partial charge >= 0.3 is 0 Å². The van der Waals surface area contributed by atoms with Crippen LogP contribution in [-0.4, -0.2) is 18.4 Å². The molecular weight excluding hydrogens is 302 g/mol.